The van der Waals surface area contributed by atoms with Gasteiger partial charge in [0.15, 0.2) is 0 Å². The van der Waals surface area contributed by atoms with Crippen LogP contribution < -0.4 is 5.32 Å². The second-order valence-electron chi connectivity index (χ2n) is 3.73. The predicted octanol–water partition coefficient (Wildman–Crippen LogP) is 3.17. The first-order valence-electron chi connectivity index (χ1n) is 5.14. The zero-order valence-corrected chi connectivity index (χ0v) is 11.1. The van der Waals surface area contributed by atoms with Crippen molar-refractivity contribution in [1.82, 2.24) is 5.32 Å². The standard InChI is InChI=1S/C11H11Cl2NO2S/c12-6-2-1-3-7(13)9(6)10-14-8(11(15)16)4-5-17-10/h1-3,8,10,14H,4-5H2,(H,15,16). The van der Waals surface area contributed by atoms with Gasteiger partial charge in [0.1, 0.15) is 6.04 Å². The van der Waals surface area contributed by atoms with Crippen LogP contribution in [0.1, 0.15) is 17.4 Å². The summed E-state index contributed by atoms with van der Waals surface area (Å²) in [6, 6.07) is 4.76. The monoisotopic (exact) mass is 291 g/mol. The third-order valence-corrected chi connectivity index (χ3v) is 4.44. The van der Waals surface area contributed by atoms with Gasteiger partial charge in [-0.15, -0.1) is 11.8 Å². The zero-order chi connectivity index (χ0) is 12.4. The van der Waals surface area contributed by atoms with Crippen LogP contribution in [-0.4, -0.2) is 22.9 Å². The highest BCUT2D eigenvalue weighted by molar-refractivity contribution is 7.99. The maximum absolute atomic E-state index is 11.0. The smallest absolute Gasteiger partial charge is 0.320 e. The average Bonchev–Trinajstić information content (AvgIpc) is 2.29. The number of hydrogen-bond acceptors (Lipinski definition) is 3. The molecule has 1 saturated heterocycles. The molecule has 3 nitrogen and oxygen atoms in total. The summed E-state index contributed by atoms with van der Waals surface area (Å²) in [7, 11) is 0. The van der Waals surface area contributed by atoms with Gasteiger partial charge in [-0.25, -0.2) is 0 Å². The topological polar surface area (TPSA) is 49.3 Å². The fourth-order valence-electron chi connectivity index (χ4n) is 1.74. The molecule has 6 heteroatoms. The largest absolute Gasteiger partial charge is 0.480 e. The molecule has 2 rings (SSSR count). The Kier molecular flexibility index (Phi) is 4.20. The molecule has 1 aliphatic rings. The molecular weight excluding hydrogens is 281 g/mol. The summed E-state index contributed by atoms with van der Waals surface area (Å²) in [6.07, 6.45) is 0.610. The number of aliphatic carboxylic acids is 1. The molecule has 92 valence electrons. The van der Waals surface area contributed by atoms with E-state index in [1.54, 1.807) is 30.0 Å². The zero-order valence-electron chi connectivity index (χ0n) is 8.82. The maximum Gasteiger partial charge on any atom is 0.320 e. The fraction of sp³-hybridized carbons (Fsp3) is 0.364. The highest BCUT2D eigenvalue weighted by Crippen LogP contribution is 2.39. The second-order valence-corrected chi connectivity index (χ2v) is 5.76. The Bertz CT molecular complexity index is 421. The molecule has 0 amide bonds. The molecule has 1 aliphatic heterocycles. The fourth-order valence-corrected chi connectivity index (χ4v) is 3.77. The molecule has 0 spiro atoms. The van der Waals surface area contributed by atoms with E-state index < -0.39 is 12.0 Å². The van der Waals surface area contributed by atoms with Crippen LogP contribution in [-0.2, 0) is 4.79 Å². The third kappa shape index (κ3) is 2.88. The van der Waals surface area contributed by atoms with Gasteiger partial charge in [0, 0.05) is 15.6 Å². The van der Waals surface area contributed by atoms with Crippen LogP contribution in [0.2, 0.25) is 10.0 Å². The van der Waals surface area contributed by atoms with Gasteiger partial charge in [0.2, 0.25) is 0 Å². The van der Waals surface area contributed by atoms with Gasteiger partial charge in [-0.2, -0.15) is 0 Å². The summed E-state index contributed by atoms with van der Waals surface area (Å²) >= 11 is 13.8. The van der Waals surface area contributed by atoms with E-state index in [1.807, 2.05) is 0 Å². The van der Waals surface area contributed by atoms with E-state index >= 15 is 0 Å². The van der Waals surface area contributed by atoms with Crippen LogP contribution in [0.25, 0.3) is 0 Å². The summed E-state index contributed by atoms with van der Waals surface area (Å²) in [5.74, 6) is -0.0608. The van der Waals surface area contributed by atoms with Gasteiger partial charge in [-0.1, -0.05) is 29.3 Å². The lowest BCUT2D eigenvalue weighted by Crippen LogP contribution is -2.41. The van der Waals surface area contributed by atoms with Crippen molar-refractivity contribution in [3.05, 3.63) is 33.8 Å². The molecule has 1 aromatic rings. The van der Waals surface area contributed by atoms with E-state index in [0.29, 0.717) is 16.5 Å². The Balaban J connectivity index is 2.25. The molecular formula is C11H11Cl2NO2S. The lowest BCUT2D eigenvalue weighted by atomic mass is 10.1. The number of hydrogen-bond donors (Lipinski definition) is 2. The van der Waals surface area contributed by atoms with Crippen molar-refractivity contribution in [3.8, 4) is 0 Å². The Hall–Kier alpha value is -0.420. The number of thioether (sulfide) groups is 1. The van der Waals surface area contributed by atoms with Crippen LogP contribution in [0.15, 0.2) is 18.2 Å². The van der Waals surface area contributed by atoms with E-state index in [2.05, 4.69) is 5.32 Å². The van der Waals surface area contributed by atoms with Crippen molar-refractivity contribution >= 4 is 40.9 Å². The van der Waals surface area contributed by atoms with Gasteiger partial charge in [-0.05, 0) is 24.3 Å². The number of carbonyl (C=O) groups is 1. The minimum Gasteiger partial charge on any atom is -0.480 e. The summed E-state index contributed by atoms with van der Waals surface area (Å²) in [4.78, 5) is 11.0. The first-order chi connectivity index (χ1) is 8.09. The Labute approximate surface area is 113 Å². The van der Waals surface area contributed by atoms with Crippen molar-refractivity contribution in [2.24, 2.45) is 0 Å². The highest BCUT2D eigenvalue weighted by Gasteiger charge is 2.29. The number of nitrogens with one attached hydrogen (secondary N) is 1. The van der Waals surface area contributed by atoms with Gasteiger partial charge in [0.25, 0.3) is 0 Å². The maximum atomic E-state index is 11.0. The van der Waals surface area contributed by atoms with Crippen molar-refractivity contribution in [1.29, 1.82) is 0 Å². The number of carboxylic acids is 1. The lowest BCUT2D eigenvalue weighted by Gasteiger charge is -2.29. The van der Waals surface area contributed by atoms with Crippen LogP contribution in [0, 0.1) is 0 Å². The van der Waals surface area contributed by atoms with Crippen LogP contribution >= 0.6 is 35.0 Å². The first kappa shape index (κ1) is 13.0. The molecule has 0 radical (unpaired) electrons. The molecule has 0 saturated carbocycles. The van der Waals surface area contributed by atoms with Gasteiger partial charge >= 0.3 is 5.97 Å². The molecule has 1 heterocycles. The van der Waals surface area contributed by atoms with Crippen LogP contribution in [0.3, 0.4) is 0 Å². The minimum atomic E-state index is -0.835. The second kappa shape index (κ2) is 5.48. The third-order valence-electron chi connectivity index (χ3n) is 2.60. The van der Waals surface area contributed by atoms with Crippen molar-refractivity contribution in [2.75, 3.05) is 5.75 Å². The van der Waals surface area contributed by atoms with Gasteiger partial charge < -0.3 is 5.11 Å². The number of halogens is 2. The SMILES string of the molecule is O=C(O)C1CCSC(c2c(Cl)cccc2Cl)N1. The van der Waals surface area contributed by atoms with E-state index in [1.165, 1.54) is 0 Å². The molecule has 0 aromatic heterocycles. The van der Waals surface area contributed by atoms with Crippen molar-refractivity contribution in [2.45, 2.75) is 17.8 Å². The summed E-state index contributed by atoms with van der Waals surface area (Å²) in [5, 5.41) is 13.0. The molecule has 1 aromatic carbocycles. The molecule has 0 aliphatic carbocycles. The average molecular weight is 292 g/mol. The molecule has 17 heavy (non-hydrogen) atoms. The Morgan fingerprint density at radius 2 is 2.06 bits per heavy atom. The van der Waals surface area contributed by atoms with E-state index in [-0.39, 0.29) is 5.37 Å². The molecule has 1 fully saturated rings. The molecule has 2 N–H and O–H groups in total. The highest BCUT2D eigenvalue weighted by atomic mass is 35.5. The normalized spacial score (nSPS) is 24.6. The Morgan fingerprint density at radius 3 is 2.65 bits per heavy atom. The predicted molar refractivity (Wildman–Crippen MR) is 70.8 cm³/mol. The van der Waals surface area contributed by atoms with Gasteiger partial charge in [0.05, 0.1) is 5.37 Å². The number of rotatable bonds is 2. The molecule has 0 bridgehead atoms. The van der Waals surface area contributed by atoms with E-state index in [0.717, 1.165) is 11.3 Å². The van der Waals surface area contributed by atoms with Crippen molar-refractivity contribution < 1.29 is 9.90 Å². The first-order valence-corrected chi connectivity index (χ1v) is 6.94. The van der Waals surface area contributed by atoms with E-state index in [4.69, 9.17) is 28.3 Å². The minimum absolute atomic E-state index is 0.161. The quantitative estimate of drug-likeness (QED) is 0.879. The molecule has 2 unspecified atom stereocenters. The van der Waals surface area contributed by atoms with Crippen molar-refractivity contribution in [3.63, 3.8) is 0 Å². The Morgan fingerprint density at radius 1 is 1.41 bits per heavy atom. The van der Waals surface area contributed by atoms with Crippen LogP contribution in [0.4, 0.5) is 0 Å². The van der Waals surface area contributed by atoms with Crippen LogP contribution in [0.5, 0.6) is 0 Å². The molecule has 2 atom stereocenters. The number of carboxylic acid groups (broad SMARTS) is 1. The van der Waals surface area contributed by atoms with Gasteiger partial charge in [-0.3, -0.25) is 10.1 Å². The lowest BCUT2D eigenvalue weighted by molar-refractivity contribution is -0.139. The summed E-state index contributed by atoms with van der Waals surface area (Å²) in [5.41, 5.74) is 0.770. The number of benzene rings is 1. The summed E-state index contributed by atoms with van der Waals surface area (Å²) < 4.78 is 0. The summed E-state index contributed by atoms with van der Waals surface area (Å²) in [6.45, 7) is 0. The van der Waals surface area contributed by atoms with E-state index in [9.17, 15) is 4.79 Å².